The first-order valence-electron chi connectivity index (χ1n) is 7.43. The molecule has 2 rings (SSSR count). The summed E-state index contributed by atoms with van der Waals surface area (Å²) in [4.78, 5) is 24.5. The highest BCUT2D eigenvalue weighted by molar-refractivity contribution is 5.89. The van der Waals surface area contributed by atoms with Gasteiger partial charge < -0.3 is 20.1 Å². The topological polar surface area (TPSA) is 78.9 Å². The van der Waals surface area contributed by atoms with Crippen molar-refractivity contribution in [3.8, 4) is 0 Å². The maximum atomic E-state index is 13.4. The van der Waals surface area contributed by atoms with Gasteiger partial charge in [-0.15, -0.1) is 0 Å². The van der Waals surface area contributed by atoms with Crippen molar-refractivity contribution in [3.63, 3.8) is 0 Å². The molecule has 7 heteroatoms. The van der Waals surface area contributed by atoms with E-state index in [9.17, 15) is 14.0 Å². The molecule has 0 radical (unpaired) electrons. The van der Waals surface area contributed by atoms with Crippen LogP contribution >= 0.6 is 0 Å². The number of carbonyl (C=O) groups excluding carboxylic acids is 1. The van der Waals surface area contributed by atoms with E-state index in [1.54, 1.807) is 4.90 Å². The highest BCUT2D eigenvalue weighted by Crippen LogP contribution is 2.20. The van der Waals surface area contributed by atoms with Crippen LogP contribution in [0, 0.1) is 5.82 Å². The van der Waals surface area contributed by atoms with Crippen LogP contribution in [0.15, 0.2) is 18.2 Å². The Labute approximate surface area is 134 Å². The summed E-state index contributed by atoms with van der Waals surface area (Å²) in [6, 6.07) is 3.83. The van der Waals surface area contributed by atoms with Crippen LogP contribution in [0.25, 0.3) is 0 Å². The molecule has 0 bridgehead atoms. The van der Waals surface area contributed by atoms with E-state index in [4.69, 9.17) is 9.84 Å². The number of aromatic carboxylic acids is 1. The minimum absolute atomic E-state index is 0.0328. The second-order valence-corrected chi connectivity index (χ2v) is 6.56. The summed E-state index contributed by atoms with van der Waals surface area (Å²) in [6.07, 6.45) is 0.339. The summed E-state index contributed by atoms with van der Waals surface area (Å²) in [5, 5.41) is 12.1. The molecule has 23 heavy (non-hydrogen) atoms. The number of likely N-dealkylation sites (tertiary alicyclic amines) is 1. The van der Waals surface area contributed by atoms with Crippen molar-refractivity contribution in [2.45, 2.75) is 38.8 Å². The van der Waals surface area contributed by atoms with Gasteiger partial charge in [0.1, 0.15) is 11.4 Å². The Balaban J connectivity index is 1.97. The number of carboxylic acids is 1. The van der Waals surface area contributed by atoms with Crippen LogP contribution in [0.5, 0.6) is 0 Å². The number of nitrogens with zero attached hydrogens (tertiary/aromatic N) is 1. The fraction of sp³-hybridized carbons (Fsp3) is 0.500. The smallest absolute Gasteiger partial charge is 0.410 e. The van der Waals surface area contributed by atoms with Gasteiger partial charge in [0.2, 0.25) is 0 Å². The summed E-state index contributed by atoms with van der Waals surface area (Å²) in [6.45, 7) is 6.43. The monoisotopic (exact) mass is 324 g/mol. The van der Waals surface area contributed by atoms with Gasteiger partial charge in [0, 0.05) is 24.8 Å². The van der Waals surface area contributed by atoms with Crippen LogP contribution in [-0.4, -0.2) is 46.8 Å². The maximum Gasteiger partial charge on any atom is 0.410 e. The van der Waals surface area contributed by atoms with Crippen molar-refractivity contribution in [3.05, 3.63) is 29.6 Å². The summed E-state index contributed by atoms with van der Waals surface area (Å²) < 4.78 is 18.7. The molecule has 1 amide bonds. The fourth-order valence-corrected chi connectivity index (χ4v) is 2.39. The molecule has 0 aromatic heterocycles. The Kier molecular flexibility index (Phi) is 4.77. The second kappa shape index (κ2) is 6.44. The van der Waals surface area contributed by atoms with Crippen molar-refractivity contribution >= 4 is 17.7 Å². The van der Waals surface area contributed by atoms with Crippen LogP contribution in [0.2, 0.25) is 0 Å². The zero-order valence-corrected chi connectivity index (χ0v) is 13.4. The van der Waals surface area contributed by atoms with Crippen molar-refractivity contribution in [1.29, 1.82) is 0 Å². The highest BCUT2D eigenvalue weighted by atomic mass is 19.1. The van der Waals surface area contributed by atoms with Gasteiger partial charge >= 0.3 is 12.1 Å². The minimum Gasteiger partial charge on any atom is -0.478 e. The molecule has 1 aliphatic heterocycles. The van der Waals surface area contributed by atoms with E-state index >= 15 is 0 Å². The fourth-order valence-electron chi connectivity index (χ4n) is 2.39. The van der Waals surface area contributed by atoms with Crippen LogP contribution in [-0.2, 0) is 4.74 Å². The average molecular weight is 324 g/mol. The quantitative estimate of drug-likeness (QED) is 0.894. The van der Waals surface area contributed by atoms with Gasteiger partial charge in [-0.25, -0.2) is 14.0 Å². The van der Waals surface area contributed by atoms with E-state index in [0.29, 0.717) is 25.2 Å². The summed E-state index contributed by atoms with van der Waals surface area (Å²) in [5.41, 5.74) is -0.410. The molecular weight excluding hydrogens is 303 g/mol. The number of ether oxygens (including phenoxy) is 1. The third kappa shape index (κ3) is 4.58. The lowest BCUT2D eigenvalue weighted by atomic mass is 10.1. The molecule has 1 atom stereocenters. The number of amides is 1. The van der Waals surface area contributed by atoms with Gasteiger partial charge in [0.15, 0.2) is 0 Å². The lowest BCUT2D eigenvalue weighted by Crippen LogP contribution is -2.36. The minimum atomic E-state index is -1.31. The van der Waals surface area contributed by atoms with E-state index in [1.165, 1.54) is 12.1 Å². The predicted octanol–water partition coefficient (Wildman–Crippen LogP) is 2.95. The number of carboxylic acid groups (broad SMARTS) is 1. The average Bonchev–Trinajstić information content (AvgIpc) is 2.87. The van der Waals surface area contributed by atoms with Crippen LogP contribution in [0.1, 0.15) is 37.6 Å². The summed E-state index contributed by atoms with van der Waals surface area (Å²) in [5.74, 6) is -2.09. The zero-order valence-electron chi connectivity index (χ0n) is 13.4. The molecule has 1 saturated heterocycles. The molecule has 1 aromatic carbocycles. The highest BCUT2D eigenvalue weighted by Gasteiger charge is 2.29. The Morgan fingerprint density at radius 1 is 1.39 bits per heavy atom. The van der Waals surface area contributed by atoms with Gasteiger partial charge in [-0.3, -0.25) is 0 Å². The number of hydrogen-bond donors (Lipinski definition) is 2. The van der Waals surface area contributed by atoms with Crippen molar-refractivity contribution in [1.82, 2.24) is 4.90 Å². The largest absolute Gasteiger partial charge is 0.478 e. The molecule has 2 N–H and O–H groups in total. The molecule has 0 spiro atoms. The van der Waals surface area contributed by atoms with E-state index < -0.39 is 17.4 Å². The maximum absolute atomic E-state index is 13.4. The van der Waals surface area contributed by atoms with Crippen molar-refractivity contribution in [2.75, 3.05) is 18.4 Å². The SMILES string of the molecule is CC(C)(C)OC(=O)N1CCC(Nc2ccc(F)c(C(=O)O)c2)C1. The van der Waals surface area contributed by atoms with Gasteiger partial charge in [-0.1, -0.05) is 0 Å². The molecule has 0 saturated carbocycles. The van der Waals surface area contributed by atoms with Gasteiger partial charge in [0.25, 0.3) is 0 Å². The Hall–Kier alpha value is -2.31. The Morgan fingerprint density at radius 2 is 2.09 bits per heavy atom. The summed E-state index contributed by atoms with van der Waals surface area (Å²) in [7, 11) is 0. The number of nitrogens with one attached hydrogen (secondary N) is 1. The number of anilines is 1. The van der Waals surface area contributed by atoms with Crippen LogP contribution in [0.4, 0.5) is 14.9 Å². The first-order valence-corrected chi connectivity index (χ1v) is 7.43. The second-order valence-electron chi connectivity index (χ2n) is 6.56. The predicted molar refractivity (Wildman–Crippen MR) is 83.2 cm³/mol. The van der Waals surface area contributed by atoms with E-state index in [-0.39, 0.29) is 17.7 Å². The summed E-state index contributed by atoms with van der Waals surface area (Å²) >= 11 is 0. The Bertz CT molecular complexity index is 613. The van der Waals surface area contributed by atoms with Crippen molar-refractivity contribution < 1.29 is 23.8 Å². The van der Waals surface area contributed by atoms with Crippen LogP contribution < -0.4 is 5.32 Å². The number of benzene rings is 1. The molecule has 1 aliphatic rings. The third-order valence-corrected chi connectivity index (χ3v) is 3.41. The zero-order chi connectivity index (χ0) is 17.2. The normalized spacial score (nSPS) is 17.9. The van der Waals surface area contributed by atoms with E-state index in [1.807, 2.05) is 20.8 Å². The van der Waals surface area contributed by atoms with E-state index in [0.717, 1.165) is 6.07 Å². The third-order valence-electron chi connectivity index (χ3n) is 3.41. The van der Waals surface area contributed by atoms with Crippen molar-refractivity contribution in [2.24, 2.45) is 0 Å². The van der Waals surface area contributed by atoms with Gasteiger partial charge in [-0.05, 0) is 45.4 Å². The first kappa shape index (κ1) is 17.1. The molecule has 1 fully saturated rings. The molecule has 126 valence electrons. The molecule has 1 unspecified atom stereocenters. The van der Waals surface area contributed by atoms with E-state index in [2.05, 4.69) is 5.32 Å². The standard InChI is InChI=1S/C16H21FN2O4/c1-16(2,3)23-15(22)19-7-6-11(9-19)18-10-4-5-13(17)12(8-10)14(20)21/h4-5,8,11,18H,6-7,9H2,1-3H3,(H,20,21). The Morgan fingerprint density at radius 3 is 2.70 bits per heavy atom. The lowest BCUT2D eigenvalue weighted by Gasteiger charge is -2.24. The first-order chi connectivity index (χ1) is 10.7. The molecule has 0 aliphatic carbocycles. The number of hydrogen-bond acceptors (Lipinski definition) is 4. The lowest BCUT2D eigenvalue weighted by molar-refractivity contribution is 0.0293. The number of rotatable bonds is 3. The molecule has 6 nitrogen and oxygen atoms in total. The number of halogens is 1. The van der Waals surface area contributed by atoms with Gasteiger partial charge in [-0.2, -0.15) is 0 Å². The molecule has 1 aromatic rings. The molecular formula is C16H21FN2O4. The molecule has 1 heterocycles. The van der Waals surface area contributed by atoms with Gasteiger partial charge in [0.05, 0.1) is 5.56 Å². The van der Waals surface area contributed by atoms with Crippen LogP contribution in [0.3, 0.4) is 0 Å². The number of carbonyl (C=O) groups is 2.